The minimum absolute atomic E-state index is 0.238. The van der Waals surface area contributed by atoms with E-state index < -0.39 is 0 Å². The standard InChI is InChI=1S/C17H21N3O4/c1-3-4-8-24-16(22)12-6-5-7-13(9-12)18-17-19-14(11-23-2)10-15(21)20-17/h5-7,9-10H,3-4,8,11H2,1-2H3,(H2,18,19,20,21). The molecule has 2 N–H and O–H groups in total. The minimum atomic E-state index is -0.373. The van der Waals surface area contributed by atoms with Gasteiger partial charge in [0, 0.05) is 18.9 Å². The molecule has 0 atom stereocenters. The molecular weight excluding hydrogens is 310 g/mol. The minimum Gasteiger partial charge on any atom is -0.462 e. The summed E-state index contributed by atoms with van der Waals surface area (Å²) in [6.07, 6.45) is 1.80. The molecule has 0 aliphatic carbocycles. The van der Waals surface area contributed by atoms with Crippen LogP contribution < -0.4 is 10.9 Å². The van der Waals surface area contributed by atoms with Crippen molar-refractivity contribution in [3.05, 3.63) is 51.9 Å². The van der Waals surface area contributed by atoms with Gasteiger partial charge in [-0.3, -0.25) is 9.78 Å². The van der Waals surface area contributed by atoms with Crippen LogP contribution >= 0.6 is 0 Å². The van der Waals surface area contributed by atoms with Crippen LogP contribution in [0, 0.1) is 0 Å². The molecule has 0 aliphatic heterocycles. The van der Waals surface area contributed by atoms with Gasteiger partial charge in [0.15, 0.2) is 0 Å². The zero-order valence-corrected chi connectivity index (χ0v) is 13.8. The highest BCUT2D eigenvalue weighted by Gasteiger charge is 2.08. The molecule has 0 amide bonds. The lowest BCUT2D eigenvalue weighted by Crippen LogP contribution is -2.13. The monoisotopic (exact) mass is 331 g/mol. The van der Waals surface area contributed by atoms with Crippen LogP contribution in [0.4, 0.5) is 11.6 Å². The Bertz CT molecular complexity index is 743. The molecule has 0 spiro atoms. The lowest BCUT2D eigenvalue weighted by Gasteiger charge is -2.09. The van der Waals surface area contributed by atoms with E-state index in [0.29, 0.717) is 23.6 Å². The summed E-state index contributed by atoms with van der Waals surface area (Å²) >= 11 is 0. The lowest BCUT2D eigenvalue weighted by atomic mass is 10.2. The van der Waals surface area contributed by atoms with Gasteiger partial charge in [-0.05, 0) is 24.6 Å². The van der Waals surface area contributed by atoms with E-state index >= 15 is 0 Å². The third kappa shape index (κ3) is 5.20. The maximum absolute atomic E-state index is 12.0. The third-order valence-electron chi connectivity index (χ3n) is 3.18. The molecule has 24 heavy (non-hydrogen) atoms. The molecule has 0 saturated heterocycles. The van der Waals surface area contributed by atoms with E-state index in [1.54, 1.807) is 24.3 Å². The normalized spacial score (nSPS) is 10.4. The van der Waals surface area contributed by atoms with Crippen LogP contribution in [0.15, 0.2) is 35.1 Å². The number of rotatable bonds is 8. The first kappa shape index (κ1) is 17.7. The number of aromatic amines is 1. The Morgan fingerprint density at radius 2 is 2.17 bits per heavy atom. The second kappa shape index (κ2) is 8.83. The summed E-state index contributed by atoms with van der Waals surface area (Å²) in [5.41, 5.74) is 1.29. The van der Waals surface area contributed by atoms with Crippen molar-refractivity contribution in [3.63, 3.8) is 0 Å². The lowest BCUT2D eigenvalue weighted by molar-refractivity contribution is 0.0500. The topological polar surface area (TPSA) is 93.3 Å². The fraction of sp³-hybridized carbons (Fsp3) is 0.353. The predicted molar refractivity (Wildman–Crippen MR) is 90.5 cm³/mol. The maximum Gasteiger partial charge on any atom is 0.338 e. The molecule has 2 rings (SSSR count). The van der Waals surface area contributed by atoms with Crippen molar-refractivity contribution < 1.29 is 14.3 Å². The summed E-state index contributed by atoms with van der Waals surface area (Å²) in [5, 5.41) is 2.98. The number of benzene rings is 1. The van der Waals surface area contributed by atoms with Crippen molar-refractivity contribution in [2.24, 2.45) is 0 Å². The van der Waals surface area contributed by atoms with Crippen molar-refractivity contribution in [1.82, 2.24) is 9.97 Å². The fourth-order valence-corrected chi connectivity index (χ4v) is 2.04. The van der Waals surface area contributed by atoms with E-state index in [1.807, 2.05) is 6.92 Å². The number of anilines is 2. The number of carbonyl (C=O) groups excluding carboxylic acids is 1. The largest absolute Gasteiger partial charge is 0.462 e. The maximum atomic E-state index is 12.0. The number of unbranched alkanes of at least 4 members (excludes halogenated alkanes) is 1. The van der Waals surface area contributed by atoms with Crippen molar-refractivity contribution >= 4 is 17.6 Å². The van der Waals surface area contributed by atoms with Gasteiger partial charge in [-0.1, -0.05) is 19.4 Å². The van der Waals surface area contributed by atoms with Crippen molar-refractivity contribution in [1.29, 1.82) is 0 Å². The van der Waals surface area contributed by atoms with Crippen molar-refractivity contribution in [3.8, 4) is 0 Å². The summed E-state index contributed by atoms with van der Waals surface area (Å²) in [6.45, 7) is 2.67. The molecule has 0 unspecified atom stereocenters. The average Bonchev–Trinajstić information content (AvgIpc) is 2.55. The Labute approximate surface area is 140 Å². The molecule has 7 heteroatoms. The number of esters is 1. The molecule has 0 aliphatic rings. The first-order chi connectivity index (χ1) is 11.6. The van der Waals surface area contributed by atoms with E-state index in [1.165, 1.54) is 13.2 Å². The predicted octanol–water partition coefficient (Wildman–Crippen LogP) is 2.62. The first-order valence-corrected chi connectivity index (χ1v) is 7.75. The SMILES string of the molecule is CCCCOC(=O)c1cccc(Nc2nc(COC)cc(=O)[nH]2)c1. The molecular formula is C17H21N3O4. The quantitative estimate of drug-likeness (QED) is 0.570. The Hall–Kier alpha value is -2.67. The number of carbonyl (C=O) groups is 1. The van der Waals surface area contributed by atoms with Crippen LogP contribution in [0.5, 0.6) is 0 Å². The van der Waals surface area contributed by atoms with Crippen LogP contribution in [0.2, 0.25) is 0 Å². The molecule has 0 bridgehead atoms. The van der Waals surface area contributed by atoms with Gasteiger partial charge >= 0.3 is 5.97 Å². The van der Waals surface area contributed by atoms with Crippen LogP contribution in [-0.2, 0) is 16.1 Å². The number of ether oxygens (including phenoxy) is 2. The number of nitrogens with zero attached hydrogens (tertiary/aromatic N) is 1. The van der Waals surface area contributed by atoms with Gasteiger partial charge in [-0.25, -0.2) is 9.78 Å². The van der Waals surface area contributed by atoms with Gasteiger partial charge in [0.2, 0.25) is 5.95 Å². The highest BCUT2D eigenvalue weighted by molar-refractivity contribution is 5.90. The van der Waals surface area contributed by atoms with E-state index in [0.717, 1.165) is 12.8 Å². The van der Waals surface area contributed by atoms with Gasteiger partial charge in [0.05, 0.1) is 24.5 Å². The van der Waals surface area contributed by atoms with E-state index in [4.69, 9.17) is 9.47 Å². The molecule has 0 saturated carbocycles. The number of aromatic nitrogens is 2. The number of hydrogen-bond acceptors (Lipinski definition) is 6. The third-order valence-corrected chi connectivity index (χ3v) is 3.18. The molecule has 0 fully saturated rings. The molecule has 128 valence electrons. The highest BCUT2D eigenvalue weighted by Crippen LogP contribution is 2.15. The van der Waals surface area contributed by atoms with Gasteiger partial charge in [0.25, 0.3) is 5.56 Å². The Morgan fingerprint density at radius 1 is 1.33 bits per heavy atom. The molecule has 1 aromatic heterocycles. The van der Waals surface area contributed by atoms with Gasteiger partial charge in [0.1, 0.15) is 0 Å². The zero-order valence-electron chi connectivity index (χ0n) is 13.8. The summed E-state index contributed by atoms with van der Waals surface area (Å²) in [6, 6.07) is 8.20. The summed E-state index contributed by atoms with van der Waals surface area (Å²) in [7, 11) is 1.53. The molecule has 1 heterocycles. The van der Waals surface area contributed by atoms with E-state index in [-0.39, 0.29) is 24.1 Å². The average molecular weight is 331 g/mol. The van der Waals surface area contributed by atoms with E-state index in [2.05, 4.69) is 15.3 Å². The second-order valence-electron chi connectivity index (χ2n) is 5.21. The van der Waals surface area contributed by atoms with E-state index in [9.17, 15) is 9.59 Å². The highest BCUT2D eigenvalue weighted by atomic mass is 16.5. The zero-order chi connectivity index (χ0) is 17.4. The smallest absolute Gasteiger partial charge is 0.338 e. The van der Waals surface area contributed by atoms with Crippen molar-refractivity contribution in [2.45, 2.75) is 26.4 Å². The number of methoxy groups -OCH3 is 1. The Morgan fingerprint density at radius 3 is 2.92 bits per heavy atom. The van der Waals surface area contributed by atoms with Gasteiger partial charge < -0.3 is 14.8 Å². The second-order valence-corrected chi connectivity index (χ2v) is 5.21. The summed E-state index contributed by atoms with van der Waals surface area (Å²) in [5.74, 6) is -0.0901. The summed E-state index contributed by atoms with van der Waals surface area (Å²) < 4.78 is 10.2. The first-order valence-electron chi connectivity index (χ1n) is 7.75. The van der Waals surface area contributed by atoms with Crippen LogP contribution in [0.3, 0.4) is 0 Å². The van der Waals surface area contributed by atoms with Gasteiger partial charge in [-0.15, -0.1) is 0 Å². The van der Waals surface area contributed by atoms with Crippen molar-refractivity contribution in [2.75, 3.05) is 19.0 Å². The molecule has 2 aromatic rings. The van der Waals surface area contributed by atoms with Crippen LogP contribution in [0.1, 0.15) is 35.8 Å². The molecule has 7 nitrogen and oxygen atoms in total. The van der Waals surface area contributed by atoms with Gasteiger partial charge in [-0.2, -0.15) is 0 Å². The Kier molecular flexibility index (Phi) is 6.51. The molecule has 0 radical (unpaired) electrons. The Balaban J connectivity index is 2.12. The number of nitrogens with one attached hydrogen (secondary N) is 2. The molecule has 1 aromatic carbocycles. The van der Waals surface area contributed by atoms with Crippen LogP contribution in [0.25, 0.3) is 0 Å². The fourth-order valence-electron chi connectivity index (χ4n) is 2.04. The summed E-state index contributed by atoms with van der Waals surface area (Å²) in [4.78, 5) is 30.5. The van der Waals surface area contributed by atoms with Crippen LogP contribution in [-0.4, -0.2) is 29.7 Å². The number of hydrogen-bond donors (Lipinski definition) is 2. The number of H-pyrrole nitrogens is 1.